The highest BCUT2D eigenvalue weighted by molar-refractivity contribution is 5.87. The molecule has 5 heteroatoms. The minimum Gasteiger partial charge on any atom is -0.480 e. The highest BCUT2D eigenvalue weighted by Gasteiger charge is 1.96. The molecule has 0 saturated carbocycles. The van der Waals surface area contributed by atoms with Crippen molar-refractivity contribution in [2.75, 3.05) is 13.6 Å². The van der Waals surface area contributed by atoms with Gasteiger partial charge < -0.3 is 15.5 Å². The van der Waals surface area contributed by atoms with Crippen LogP contribution in [0.5, 0.6) is 0 Å². The topological polar surface area (TPSA) is 86.6 Å². The first-order valence-electron chi connectivity index (χ1n) is 4.22. The molecule has 0 bridgehead atoms. The number of carbonyl (C=O) groups is 2. The van der Waals surface area contributed by atoms with Crippen LogP contribution in [0.4, 0.5) is 0 Å². The highest BCUT2D eigenvalue weighted by atomic mass is 16.4. The maximum absolute atomic E-state index is 10.2. The van der Waals surface area contributed by atoms with Gasteiger partial charge in [-0.1, -0.05) is 18.2 Å². The number of benzene rings is 1. The van der Waals surface area contributed by atoms with E-state index in [1.807, 2.05) is 0 Å². The number of aromatic carboxylic acids is 1. The Morgan fingerprint density at radius 3 is 1.93 bits per heavy atom. The lowest BCUT2D eigenvalue weighted by atomic mass is 10.2. The van der Waals surface area contributed by atoms with Crippen LogP contribution in [-0.2, 0) is 4.79 Å². The van der Waals surface area contributed by atoms with Gasteiger partial charge in [-0.05, 0) is 19.2 Å². The van der Waals surface area contributed by atoms with E-state index in [4.69, 9.17) is 10.2 Å². The molecule has 0 saturated heterocycles. The van der Waals surface area contributed by atoms with Crippen molar-refractivity contribution < 1.29 is 19.8 Å². The van der Waals surface area contributed by atoms with Crippen molar-refractivity contribution in [2.24, 2.45) is 0 Å². The van der Waals surface area contributed by atoms with Gasteiger partial charge in [0.1, 0.15) is 0 Å². The lowest BCUT2D eigenvalue weighted by Gasteiger charge is -1.88. The lowest BCUT2D eigenvalue weighted by molar-refractivity contribution is -0.135. The number of carboxylic acid groups (broad SMARTS) is 2. The molecule has 82 valence electrons. The summed E-state index contributed by atoms with van der Waals surface area (Å²) in [5.41, 5.74) is 0.331. The Bertz CT molecular complexity index is 310. The zero-order chi connectivity index (χ0) is 11.7. The number of aliphatic carboxylic acids is 1. The summed E-state index contributed by atoms with van der Waals surface area (Å²) in [7, 11) is 1.59. The van der Waals surface area contributed by atoms with Crippen molar-refractivity contribution in [3.05, 3.63) is 35.9 Å². The van der Waals surface area contributed by atoms with Crippen molar-refractivity contribution in [1.82, 2.24) is 5.32 Å². The number of carboxylic acids is 2. The normalized spacial score (nSPS) is 8.60. The molecule has 0 radical (unpaired) electrons. The van der Waals surface area contributed by atoms with E-state index in [-0.39, 0.29) is 6.54 Å². The Morgan fingerprint density at radius 1 is 1.20 bits per heavy atom. The Hall–Kier alpha value is -1.88. The maximum atomic E-state index is 10.2. The van der Waals surface area contributed by atoms with Crippen molar-refractivity contribution >= 4 is 11.9 Å². The van der Waals surface area contributed by atoms with Gasteiger partial charge in [-0.15, -0.1) is 0 Å². The van der Waals surface area contributed by atoms with E-state index in [2.05, 4.69) is 5.32 Å². The van der Waals surface area contributed by atoms with Crippen LogP contribution >= 0.6 is 0 Å². The molecule has 0 heterocycles. The Labute approximate surface area is 87.4 Å². The molecular formula is C10H13NO4. The first kappa shape index (κ1) is 13.1. The van der Waals surface area contributed by atoms with Gasteiger partial charge in [0.05, 0.1) is 12.1 Å². The minimum absolute atomic E-state index is 0.0417. The van der Waals surface area contributed by atoms with E-state index in [1.54, 1.807) is 37.4 Å². The fourth-order valence-electron chi connectivity index (χ4n) is 0.732. The van der Waals surface area contributed by atoms with Gasteiger partial charge in [-0.3, -0.25) is 4.79 Å². The van der Waals surface area contributed by atoms with E-state index >= 15 is 0 Å². The SMILES string of the molecule is CNCC(=O)O.O=C(O)c1ccccc1. The lowest BCUT2D eigenvalue weighted by Crippen LogP contribution is -2.16. The maximum Gasteiger partial charge on any atom is 0.335 e. The molecule has 0 aromatic heterocycles. The van der Waals surface area contributed by atoms with E-state index < -0.39 is 11.9 Å². The summed E-state index contributed by atoms with van der Waals surface area (Å²) in [6.45, 7) is 0.0417. The number of nitrogens with one attached hydrogen (secondary N) is 1. The van der Waals surface area contributed by atoms with Crippen molar-refractivity contribution in [1.29, 1.82) is 0 Å². The van der Waals surface area contributed by atoms with Crippen LogP contribution in [0.15, 0.2) is 30.3 Å². The summed E-state index contributed by atoms with van der Waals surface area (Å²) in [6.07, 6.45) is 0. The van der Waals surface area contributed by atoms with Gasteiger partial charge in [0.15, 0.2) is 0 Å². The van der Waals surface area contributed by atoms with Gasteiger partial charge in [0, 0.05) is 0 Å². The molecule has 0 aliphatic rings. The van der Waals surface area contributed by atoms with Crippen LogP contribution in [0.3, 0.4) is 0 Å². The highest BCUT2D eigenvalue weighted by Crippen LogP contribution is 1.96. The molecule has 15 heavy (non-hydrogen) atoms. The standard InChI is InChI=1S/C7H6O2.C3H7NO2/c8-7(9)6-4-2-1-3-5-6;1-4-2-3(5)6/h1-5H,(H,8,9);4H,2H2,1H3,(H,5,6). The summed E-state index contributed by atoms with van der Waals surface area (Å²) in [6, 6.07) is 8.30. The Kier molecular flexibility index (Phi) is 6.57. The second-order valence-corrected chi connectivity index (χ2v) is 2.60. The molecule has 0 atom stereocenters. The van der Waals surface area contributed by atoms with Crippen molar-refractivity contribution in [3.63, 3.8) is 0 Å². The molecule has 1 aromatic rings. The van der Waals surface area contributed by atoms with Crippen molar-refractivity contribution in [3.8, 4) is 0 Å². The molecule has 3 N–H and O–H groups in total. The third kappa shape index (κ3) is 7.21. The van der Waals surface area contributed by atoms with Crippen LogP contribution in [0.2, 0.25) is 0 Å². The average molecular weight is 211 g/mol. The van der Waals surface area contributed by atoms with Gasteiger partial charge in [-0.25, -0.2) is 4.79 Å². The smallest absolute Gasteiger partial charge is 0.335 e. The molecular weight excluding hydrogens is 198 g/mol. The quantitative estimate of drug-likeness (QED) is 0.684. The van der Waals surface area contributed by atoms with Gasteiger partial charge in [-0.2, -0.15) is 0 Å². The summed E-state index contributed by atoms with van der Waals surface area (Å²) in [4.78, 5) is 19.7. The third-order valence-electron chi connectivity index (χ3n) is 1.35. The first-order chi connectivity index (χ1) is 7.07. The zero-order valence-electron chi connectivity index (χ0n) is 8.30. The number of hydrogen-bond acceptors (Lipinski definition) is 3. The molecule has 1 rings (SSSR count). The molecule has 0 unspecified atom stereocenters. The van der Waals surface area contributed by atoms with Crippen LogP contribution in [0, 0.1) is 0 Å². The van der Waals surface area contributed by atoms with E-state index in [0.29, 0.717) is 5.56 Å². The second-order valence-electron chi connectivity index (χ2n) is 2.60. The summed E-state index contributed by atoms with van der Waals surface area (Å²) in [5, 5.41) is 18.7. The molecule has 0 fully saturated rings. The predicted octanol–water partition coefficient (Wildman–Crippen LogP) is 0.675. The first-order valence-corrected chi connectivity index (χ1v) is 4.22. The average Bonchev–Trinajstić information content (AvgIpc) is 2.20. The van der Waals surface area contributed by atoms with Gasteiger partial charge >= 0.3 is 11.9 Å². The predicted molar refractivity (Wildman–Crippen MR) is 55.0 cm³/mol. The fraction of sp³-hybridized carbons (Fsp3) is 0.200. The molecule has 1 aromatic carbocycles. The number of hydrogen-bond donors (Lipinski definition) is 3. The monoisotopic (exact) mass is 211 g/mol. The minimum atomic E-state index is -0.879. The summed E-state index contributed by atoms with van der Waals surface area (Å²) >= 11 is 0. The molecule has 0 aliphatic carbocycles. The number of likely N-dealkylation sites (N-methyl/N-ethyl adjacent to an activating group) is 1. The van der Waals surface area contributed by atoms with Crippen molar-refractivity contribution in [2.45, 2.75) is 0 Å². The Morgan fingerprint density at radius 2 is 1.73 bits per heavy atom. The van der Waals surface area contributed by atoms with Gasteiger partial charge in [0.25, 0.3) is 0 Å². The van der Waals surface area contributed by atoms with Crippen LogP contribution in [0.1, 0.15) is 10.4 Å². The molecule has 0 amide bonds. The van der Waals surface area contributed by atoms with E-state index in [1.165, 1.54) is 0 Å². The molecule has 0 aliphatic heterocycles. The summed E-state index contributed by atoms with van der Waals surface area (Å²) in [5.74, 6) is -1.70. The second kappa shape index (κ2) is 7.52. The zero-order valence-corrected chi connectivity index (χ0v) is 8.30. The van der Waals surface area contributed by atoms with Crippen LogP contribution < -0.4 is 5.32 Å². The number of rotatable bonds is 3. The van der Waals surface area contributed by atoms with Crippen LogP contribution in [-0.4, -0.2) is 35.7 Å². The molecule has 5 nitrogen and oxygen atoms in total. The van der Waals surface area contributed by atoms with E-state index in [0.717, 1.165) is 0 Å². The Balaban J connectivity index is 0.000000288. The fourth-order valence-corrected chi connectivity index (χ4v) is 0.732. The third-order valence-corrected chi connectivity index (χ3v) is 1.35. The molecule has 0 spiro atoms. The van der Waals surface area contributed by atoms with Gasteiger partial charge in [0.2, 0.25) is 0 Å². The largest absolute Gasteiger partial charge is 0.480 e. The van der Waals surface area contributed by atoms with Crippen LogP contribution in [0.25, 0.3) is 0 Å². The van der Waals surface area contributed by atoms with E-state index in [9.17, 15) is 9.59 Å². The summed E-state index contributed by atoms with van der Waals surface area (Å²) < 4.78 is 0.